The van der Waals surface area contributed by atoms with E-state index in [1.165, 1.54) is 31.4 Å². The summed E-state index contributed by atoms with van der Waals surface area (Å²) in [5.41, 5.74) is 0. The number of hydrogen-bond donors (Lipinski definition) is 1. The van der Waals surface area contributed by atoms with Crippen molar-refractivity contribution < 1.29 is 32.5 Å². The zero-order valence-corrected chi connectivity index (χ0v) is 13.8. The third-order valence-corrected chi connectivity index (χ3v) is 5.53. The topological polar surface area (TPSA) is 99.1 Å². The molecule has 126 valence electrons. The number of benzene rings is 2. The quantitative estimate of drug-likeness (QED) is 0.881. The van der Waals surface area contributed by atoms with E-state index in [1.54, 1.807) is 6.07 Å². The van der Waals surface area contributed by atoms with Gasteiger partial charge in [0.05, 0.1) is 21.9 Å². The fraction of sp³-hybridized carbons (Fsp3) is 0.133. The fourth-order valence-corrected chi connectivity index (χ4v) is 3.98. The van der Waals surface area contributed by atoms with Gasteiger partial charge in [-0.1, -0.05) is 17.7 Å². The first-order valence-corrected chi connectivity index (χ1v) is 8.48. The molecule has 24 heavy (non-hydrogen) atoms. The Hall–Kier alpha value is -2.45. The van der Waals surface area contributed by atoms with Crippen LogP contribution < -0.4 is 14.2 Å². The normalized spacial score (nSPS) is 16.0. The van der Waals surface area contributed by atoms with Crippen LogP contribution >= 0.6 is 11.6 Å². The summed E-state index contributed by atoms with van der Waals surface area (Å²) in [6.45, 7) is 0. The van der Waals surface area contributed by atoms with Crippen LogP contribution in [0.5, 0.6) is 17.2 Å². The third-order valence-electron chi connectivity index (χ3n) is 3.31. The van der Waals surface area contributed by atoms with E-state index in [0.717, 1.165) is 6.07 Å². The molecule has 1 aliphatic rings. The van der Waals surface area contributed by atoms with Crippen LogP contribution in [-0.2, 0) is 14.6 Å². The molecule has 0 saturated carbocycles. The molecule has 0 aromatic heterocycles. The van der Waals surface area contributed by atoms with Crippen LogP contribution in [0.2, 0.25) is 5.02 Å². The molecule has 7 nitrogen and oxygen atoms in total. The Morgan fingerprint density at radius 1 is 1.21 bits per heavy atom. The van der Waals surface area contributed by atoms with Crippen molar-refractivity contribution in [2.45, 2.75) is 16.1 Å². The van der Waals surface area contributed by atoms with Gasteiger partial charge in [0, 0.05) is 12.1 Å². The zero-order valence-electron chi connectivity index (χ0n) is 12.2. The third kappa shape index (κ3) is 2.74. The molecule has 0 fully saturated rings. The molecule has 0 amide bonds. The van der Waals surface area contributed by atoms with Crippen molar-refractivity contribution in [2.75, 3.05) is 7.11 Å². The maximum Gasteiger partial charge on any atom is 0.387 e. The lowest BCUT2D eigenvalue weighted by molar-refractivity contribution is -0.154. The van der Waals surface area contributed by atoms with Gasteiger partial charge in [-0.15, -0.1) is 0 Å². The molecule has 1 aliphatic heterocycles. The number of halogens is 1. The molecule has 9 heteroatoms. The van der Waals surface area contributed by atoms with Gasteiger partial charge in [-0.3, -0.25) is 0 Å². The Labute approximate surface area is 142 Å². The minimum absolute atomic E-state index is 0.00623. The van der Waals surface area contributed by atoms with Crippen LogP contribution in [0.1, 0.15) is 0 Å². The van der Waals surface area contributed by atoms with E-state index in [-0.39, 0.29) is 26.3 Å². The molecule has 0 spiro atoms. The fourth-order valence-electron chi connectivity index (χ4n) is 2.16. The Kier molecular flexibility index (Phi) is 4.02. The maximum absolute atomic E-state index is 12.8. The molecule has 2 aromatic carbocycles. The number of methoxy groups -OCH3 is 1. The Bertz CT molecular complexity index is 923. The molecular formula is C15H11ClO7S. The second-order valence-corrected chi connectivity index (χ2v) is 7.14. The highest BCUT2D eigenvalue weighted by atomic mass is 35.5. The van der Waals surface area contributed by atoms with Crippen molar-refractivity contribution >= 4 is 27.4 Å². The van der Waals surface area contributed by atoms with E-state index in [2.05, 4.69) is 0 Å². The minimum atomic E-state index is -3.96. The largest absolute Gasteiger partial charge is 0.497 e. The van der Waals surface area contributed by atoms with Gasteiger partial charge < -0.3 is 19.3 Å². The molecule has 0 radical (unpaired) electrons. The average molecular weight is 371 g/mol. The van der Waals surface area contributed by atoms with Gasteiger partial charge in [0.15, 0.2) is 11.5 Å². The lowest BCUT2D eigenvalue weighted by Crippen LogP contribution is -2.28. The summed E-state index contributed by atoms with van der Waals surface area (Å²) in [6, 6.07) is 8.27. The van der Waals surface area contributed by atoms with Gasteiger partial charge in [0.2, 0.25) is 9.84 Å². The van der Waals surface area contributed by atoms with Gasteiger partial charge in [0.25, 0.3) is 0 Å². The van der Waals surface area contributed by atoms with Gasteiger partial charge in [-0.05, 0) is 18.2 Å². The minimum Gasteiger partial charge on any atom is -0.497 e. The van der Waals surface area contributed by atoms with Crippen LogP contribution in [0, 0.1) is 0 Å². The first-order chi connectivity index (χ1) is 11.3. The SMILES string of the molecule is COc1cccc(S(=O)(=O)c2cc3c(cc2Cl)OC(C(=O)O)O3)c1. The number of carbonyl (C=O) groups is 1. The number of hydrogen-bond acceptors (Lipinski definition) is 6. The molecule has 1 atom stereocenters. The summed E-state index contributed by atoms with van der Waals surface area (Å²) in [5.74, 6) is -0.899. The second kappa shape index (κ2) is 5.88. The van der Waals surface area contributed by atoms with E-state index in [1.807, 2.05) is 0 Å². The van der Waals surface area contributed by atoms with Crippen molar-refractivity contribution in [3.05, 3.63) is 41.4 Å². The lowest BCUT2D eigenvalue weighted by Gasteiger charge is -2.09. The summed E-state index contributed by atoms with van der Waals surface area (Å²) in [7, 11) is -2.53. The number of rotatable bonds is 4. The van der Waals surface area contributed by atoms with Gasteiger partial charge >= 0.3 is 12.3 Å². The van der Waals surface area contributed by atoms with Gasteiger partial charge in [0.1, 0.15) is 5.75 Å². The van der Waals surface area contributed by atoms with Crippen LogP contribution in [-0.4, -0.2) is 32.9 Å². The van der Waals surface area contributed by atoms with Crippen LogP contribution in [0.3, 0.4) is 0 Å². The zero-order chi connectivity index (χ0) is 17.5. The predicted octanol–water partition coefficient (Wildman–Crippen LogP) is 2.36. The van der Waals surface area contributed by atoms with E-state index in [9.17, 15) is 13.2 Å². The molecule has 1 N–H and O–H groups in total. The van der Waals surface area contributed by atoms with Crippen LogP contribution in [0.15, 0.2) is 46.2 Å². The molecule has 3 rings (SSSR count). The van der Waals surface area contributed by atoms with E-state index < -0.39 is 22.1 Å². The Morgan fingerprint density at radius 2 is 1.88 bits per heavy atom. The second-order valence-electron chi connectivity index (χ2n) is 4.82. The molecule has 0 aliphatic carbocycles. The number of ether oxygens (including phenoxy) is 3. The van der Waals surface area contributed by atoms with E-state index in [4.69, 9.17) is 30.9 Å². The number of carboxylic acid groups (broad SMARTS) is 1. The standard InChI is InChI=1S/C15H11ClO7S/c1-21-8-3-2-4-9(5-8)24(19,20)13-7-12-11(6-10(13)16)22-15(23-12)14(17)18/h2-7,15H,1H3,(H,17,18). The maximum atomic E-state index is 12.8. The molecule has 0 bridgehead atoms. The lowest BCUT2D eigenvalue weighted by atomic mass is 10.3. The number of sulfone groups is 1. The van der Waals surface area contributed by atoms with Crippen molar-refractivity contribution in [1.82, 2.24) is 0 Å². The Morgan fingerprint density at radius 3 is 2.50 bits per heavy atom. The van der Waals surface area contributed by atoms with Crippen molar-refractivity contribution in [3.8, 4) is 17.2 Å². The van der Waals surface area contributed by atoms with E-state index >= 15 is 0 Å². The van der Waals surface area contributed by atoms with Crippen molar-refractivity contribution in [3.63, 3.8) is 0 Å². The van der Waals surface area contributed by atoms with Gasteiger partial charge in [-0.25, -0.2) is 13.2 Å². The van der Waals surface area contributed by atoms with Crippen molar-refractivity contribution in [2.24, 2.45) is 0 Å². The monoisotopic (exact) mass is 370 g/mol. The number of fused-ring (bicyclic) bond motifs is 1. The van der Waals surface area contributed by atoms with Gasteiger partial charge in [-0.2, -0.15) is 0 Å². The van der Waals surface area contributed by atoms with Crippen LogP contribution in [0.4, 0.5) is 0 Å². The highest BCUT2D eigenvalue weighted by Gasteiger charge is 2.33. The number of aliphatic carboxylic acids is 1. The number of carboxylic acids is 1. The smallest absolute Gasteiger partial charge is 0.387 e. The first-order valence-electron chi connectivity index (χ1n) is 6.62. The van der Waals surface area contributed by atoms with E-state index in [0.29, 0.717) is 5.75 Å². The summed E-state index contributed by atoms with van der Waals surface area (Å²) in [4.78, 5) is 10.7. The predicted molar refractivity (Wildman–Crippen MR) is 82.6 cm³/mol. The molecule has 1 unspecified atom stereocenters. The molecule has 0 saturated heterocycles. The Balaban J connectivity index is 2.07. The summed E-state index contributed by atoms with van der Waals surface area (Å²) >= 11 is 6.05. The molecule has 2 aromatic rings. The van der Waals surface area contributed by atoms with Crippen molar-refractivity contribution in [1.29, 1.82) is 0 Å². The highest BCUT2D eigenvalue weighted by molar-refractivity contribution is 7.91. The molecule has 1 heterocycles. The summed E-state index contributed by atoms with van der Waals surface area (Å²) in [6.07, 6.45) is -1.54. The summed E-state index contributed by atoms with van der Waals surface area (Å²) < 4.78 is 40.7. The summed E-state index contributed by atoms with van der Waals surface area (Å²) in [5, 5.41) is 8.80. The average Bonchev–Trinajstić information content (AvgIpc) is 2.97. The first kappa shape index (κ1) is 16.4. The molecular weight excluding hydrogens is 360 g/mol. The van der Waals surface area contributed by atoms with Crippen LogP contribution in [0.25, 0.3) is 0 Å². The highest BCUT2D eigenvalue weighted by Crippen LogP contribution is 2.42.